The standard InChI is InChI=1S/C11H8N2O3S/c14-10-7-4-17-5-8(7)12-9-2-1-6(11(15)16)3-13(9)10/h1-3H,4-5H2,(H,15,16). The molecule has 0 saturated heterocycles. The van der Waals surface area contributed by atoms with Crippen LogP contribution in [0, 0.1) is 0 Å². The van der Waals surface area contributed by atoms with Crippen molar-refractivity contribution in [2.24, 2.45) is 0 Å². The van der Waals surface area contributed by atoms with E-state index < -0.39 is 5.97 Å². The van der Waals surface area contributed by atoms with Crippen molar-refractivity contribution in [1.29, 1.82) is 0 Å². The van der Waals surface area contributed by atoms with Crippen molar-refractivity contribution in [2.75, 3.05) is 0 Å². The van der Waals surface area contributed by atoms with E-state index in [0.29, 0.717) is 17.0 Å². The van der Waals surface area contributed by atoms with Crippen LogP contribution in [-0.2, 0) is 11.5 Å². The highest BCUT2D eigenvalue weighted by Gasteiger charge is 2.18. The number of hydrogen-bond donors (Lipinski definition) is 1. The van der Waals surface area contributed by atoms with Gasteiger partial charge in [-0.1, -0.05) is 0 Å². The molecule has 86 valence electrons. The lowest BCUT2D eigenvalue weighted by Gasteiger charge is -2.04. The number of thioether (sulfide) groups is 1. The van der Waals surface area contributed by atoms with Crippen LogP contribution in [0.1, 0.15) is 21.6 Å². The highest BCUT2D eigenvalue weighted by atomic mass is 32.2. The fourth-order valence-corrected chi connectivity index (χ4v) is 2.89. The van der Waals surface area contributed by atoms with Crippen molar-refractivity contribution in [3.63, 3.8) is 0 Å². The topological polar surface area (TPSA) is 71.7 Å². The summed E-state index contributed by atoms with van der Waals surface area (Å²) in [6.07, 6.45) is 1.33. The predicted octanol–water partition coefficient (Wildman–Crippen LogP) is 1.14. The van der Waals surface area contributed by atoms with Gasteiger partial charge in [-0.3, -0.25) is 9.20 Å². The van der Waals surface area contributed by atoms with Crippen LogP contribution in [0.2, 0.25) is 0 Å². The van der Waals surface area contributed by atoms with Crippen LogP contribution in [-0.4, -0.2) is 20.5 Å². The lowest BCUT2D eigenvalue weighted by atomic mass is 10.2. The Morgan fingerprint density at radius 2 is 2.24 bits per heavy atom. The fourth-order valence-electron chi connectivity index (χ4n) is 1.86. The molecule has 0 aliphatic carbocycles. The molecule has 3 rings (SSSR count). The first-order valence-electron chi connectivity index (χ1n) is 5.02. The highest BCUT2D eigenvalue weighted by Crippen LogP contribution is 2.25. The van der Waals surface area contributed by atoms with Crippen LogP contribution in [0.3, 0.4) is 0 Å². The van der Waals surface area contributed by atoms with Crippen LogP contribution in [0.4, 0.5) is 0 Å². The molecule has 1 aliphatic rings. The number of rotatable bonds is 1. The molecule has 0 unspecified atom stereocenters. The van der Waals surface area contributed by atoms with Gasteiger partial charge in [-0.15, -0.1) is 0 Å². The highest BCUT2D eigenvalue weighted by molar-refractivity contribution is 7.98. The smallest absolute Gasteiger partial charge is 0.337 e. The summed E-state index contributed by atoms with van der Waals surface area (Å²) in [6.45, 7) is 0. The monoisotopic (exact) mass is 248 g/mol. The number of carboxylic acid groups (broad SMARTS) is 1. The zero-order valence-electron chi connectivity index (χ0n) is 8.71. The number of aromatic carboxylic acids is 1. The zero-order valence-corrected chi connectivity index (χ0v) is 9.53. The molecule has 5 nitrogen and oxygen atoms in total. The van der Waals surface area contributed by atoms with E-state index in [1.807, 2.05) is 0 Å². The molecular formula is C11H8N2O3S. The van der Waals surface area contributed by atoms with E-state index in [0.717, 1.165) is 11.4 Å². The molecule has 0 radical (unpaired) electrons. The molecule has 0 aromatic carbocycles. The summed E-state index contributed by atoms with van der Waals surface area (Å²) in [5.41, 5.74) is 1.95. The summed E-state index contributed by atoms with van der Waals surface area (Å²) in [5, 5.41) is 8.89. The van der Waals surface area contributed by atoms with Crippen molar-refractivity contribution in [3.8, 4) is 0 Å². The molecular weight excluding hydrogens is 240 g/mol. The number of carbonyl (C=O) groups is 1. The normalized spacial score (nSPS) is 13.9. The molecule has 0 saturated carbocycles. The second-order valence-electron chi connectivity index (χ2n) is 3.79. The molecule has 6 heteroatoms. The lowest BCUT2D eigenvalue weighted by Crippen LogP contribution is -2.20. The number of aromatic nitrogens is 2. The minimum Gasteiger partial charge on any atom is -0.478 e. The Labute approximate surface area is 100 Å². The van der Waals surface area contributed by atoms with Crippen LogP contribution in [0.25, 0.3) is 5.65 Å². The van der Waals surface area contributed by atoms with Crippen LogP contribution in [0.5, 0.6) is 0 Å². The van der Waals surface area contributed by atoms with Gasteiger partial charge in [-0.2, -0.15) is 11.8 Å². The van der Waals surface area contributed by atoms with E-state index in [-0.39, 0.29) is 11.1 Å². The van der Waals surface area contributed by atoms with Gasteiger partial charge in [0.15, 0.2) is 0 Å². The minimum absolute atomic E-state index is 0.0898. The van der Waals surface area contributed by atoms with Crippen LogP contribution >= 0.6 is 11.8 Å². The van der Waals surface area contributed by atoms with Gasteiger partial charge in [0, 0.05) is 17.7 Å². The average Bonchev–Trinajstić information content (AvgIpc) is 2.77. The summed E-state index contributed by atoms with van der Waals surface area (Å²) < 4.78 is 1.31. The van der Waals surface area contributed by atoms with Crippen molar-refractivity contribution in [3.05, 3.63) is 45.5 Å². The van der Waals surface area contributed by atoms with Crippen molar-refractivity contribution in [1.82, 2.24) is 9.38 Å². The van der Waals surface area contributed by atoms with E-state index in [9.17, 15) is 9.59 Å². The summed E-state index contributed by atoms with van der Waals surface area (Å²) in [4.78, 5) is 27.3. The third-order valence-electron chi connectivity index (χ3n) is 2.73. The summed E-state index contributed by atoms with van der Waals surface area (Å²) >= 11 is 1.65. The Balaban J connectivity index is 2.37. The molecule has 0 amide bonds. The molecule has 17 heavy (non-hydrogen) atoms. The fraction of sp³-hybridized carbons (Fsp3) is 0.182. The largest absolute Gasteiger partial charge is 0.478 e. The summed E-state index contributed by atoms with van der Waals surface area (Å²) in [5.74, 6) is 0.358. The minimum atomic E-state index is -1.05. The predicted molar refractivity (Wildman–Crippen MR) is 63.4 cm³/mol. The van der Waals surface area contributed by atoms with Gasteiger partial charge < -0.3 is 5.11 Å². The van der Waals surface area contributed by atoms with Gasteiger partial charge >= 0.3 is 5.97 Å². The molecule has 2 aromatic rings. The number of pyridine rings is 1. The number of nitrogens with zero attached hydrogens (tertiary/aromatic N) is 2. The maximum absolute atomic E-state index is 12.1. The van der Waals surface area contributed by atoms with Crippen LogP contribution < -0.4 is 5.56 Å². The van der Waals surface area contributed by atoms with Gasteiger partial charge in [0.1, 0.15) is 5.65 Å². The third-order valence-corrected chi connectivity index (χ3v) is 3.70. The maximum Gasteiger partial charge on any atom is 0.337 e. The lowest BCUT2D eigenvalue weighted by molar-refractivity contribution is 0.0696. The van der Waals surface area contributed by atoms with Gasteiger partial charge in [0.05, 0.1) is 16.8 Å². The Hall–Kier alpha value is -1.82. The Morgan fingerprint density at radius 1 is 1.41 bits per heavy atom. The molecule has 2 aromatic heterocycles. The van der Waals surface area contributed by atoms with Gasteiger partial charge in [-0.05, 0) is 12.1 Å². The molecule has 0 bridgehead atoms. The third kappa shape index (κ3) is 1.52. The molecule has 0 atom stereocenters. The zero-order chi connectivity index (χ0) is 12.0. The van der Waals surface area contributed by atoms with E-state index >= 15 is 0 Å². The molecule has 1 aliphatic heterocycles. The van der Waals surface area contributed by atoms with E-state index in [2.05, 4.69) is 4.98 Å². The first-order chi connectivity index (χ1) is 8.16. The van der Waals surface area contributed by atoms with Crippen LogP contribution in [0.15, 0.2) is 23.1 Å². The molecule has 0 fully saturated rings. The summed E-state index contributed by atoms with van der Waals surface area (Å²) in [7, 11) is 0. The maximum atomic E-state index is 12.1. The van der Waals surface area contributed by atoms with E-state index in [4.69, 9.17) is 5.11 Å². The van der Waals surface area contributed by atoms with E-state index in [1.54, 1.807) is 17.8 Å². The van der Waals surface area contributed by atoms with Crippen molar-refractivity contribution < 1.29 is 9.90 Å². The van der Waals surface area contributed by atoms with Crippen molar-refractivity contribution >= 4 is 23.4 Å². The quantitative estimate of drug-likeness (QED) is 0.819. The number of hydrogen-bond acceptors (Lipinski definition) is 4. The first-order valence-corrected chi connectivity index (χ1v) is 6.17. The number of fused-ring (bicyclic) bond motifs is 2. The van der Waals surface area contributed by atoms with Gasteiger partial charge in [0.25, 0.3) is 5.56 Å². The Bertz CT molecular complexity index is 693. The van der Waals surface area contributed by atoms with Crippen molar-refractivity contribution in [2.45, 2.75) is 11.5 Å². The van der Waals surface area contributed by atoms with E-state index in [1.165, 1.54) is 16.7 Å². The average molecular weight is 248 g/mol. The molecule has 3 heterocycles. The van der Waals surface area contributed by atoms with Gasteiger partial charge in [0.2, 0.25) is 0 Å². The SMILES string of the molecule is O=C(O)c1ccc2nc3c(c(=O)n2c1)CSC3. The van der Waals surface area contributed by atoms with Gasteiger partial charge in [-0.25, -0.2) is 9.78 Å². The second-order valence-corrected chi connectivity index (χ2v) is 4.77. The molecule has 0 spiro atoms. The first kappa shape index (κ1) is 10.3. The molecule has 1 N–H and O–H groups in total. The second kappa shape index (κ2) is 3.59. The Kier molecular flexibility index (Phi) is 2.19. The number of carboxylic acids is 1. The summed E-state index contributed by atoms with van der Waals surface area (Å²) in [6, 6.07) is 3.02. The Morgan fingerprint density at radius 3 is 3.00 bits per heavy atom.